The van der Waals surface area contributed by atoms with Gasteiger partial charge in [-0.25, -0.2) is 0 Å². The van der Waals surface area contributed by atoms with Gasteiger partial charge in [0.25, 0.3) is 0 Å². The van der Waals surface area contributed by atoms with Gasteiger partial charge >= 0.3 is 0 Å². The first-order valence-electron chi connectivity index (χ1n) is 9.35. The standard InChI is InChI=1S/C18H31N5O2/c1-3-22-5-4-21(14-15(22)2)6-11-25-18-13-16(12-17(19)20-18)23-7-9-24-10-8-23/h12-13,15H,3-11,14H2,1-2H3,(H2,19,20)/t15-/m0/s1. The van der Waals surface area contributed by atoms with Crippen LogP contribution >= 0.6 is 0 Å². The van der Waals surface area contributed by atoms with E-state index in [9.17, 15) is 0 Å². The zero-order valence-electron chi connectivity index (χ0n) is 15.5. The number of ether oxygens (including phenoxy) is 2. The van der Waals surface area contributed by atoms with E-state index in [-0.39, 0.29) is 0 Å². The van der Waals surface area contributed by atoms with E-state index in [1.165, 1.54) is 0 Å². The number of aromatic nitrogens is 1. The van der Waals surface area contributed by atoms with Crippen LogP contribution in [0.3, 0.4) is 0 Å². The molecule has 0 saturated carbocycles. The number of piperazine rings is 1. The lowest BCUT2D eigenvalue weighted by Gasteiger charge is -2.39. The largest absolute Gasteiger partial charge is 0.476 e. The SMILES string of the molecule is CCN1CCN(CCOc2cc(N3CCOCC3)cc(N)n2)C[C@@H]1C. The summed E-state index contributed by atoms with van der Waals surface area (Å²) in [7, 11) is 0. The summed E-state index contributed by atoms with van der Waals surface area (Å²) in [6, 6.07) is 4.50. The first kappa shape index (κ1) is 18.2. The summed E-state index contributed by atoms with van der Waals surface area (Å²) in [5, 5.41) is 0. The van der Waals surface area contributed by atoms with E-state index >= 15 is 0 Å². The Balaban J connectivity index is 1.50. The lowest BCUT2D eigenvalue weighted by molar-refractivity contribution is 0.0776. The number of nitrogens with two attached hydrogens (primary N) is 1. The van der Waals surface area contributed by atoms with Crippen molar-refractivity contribution in [3.8, 4) is 5.88 Å². The maximum absolute atomic E-state index is 5.96. The number of rotatable bonds is 6. The highest BCUT2D eigenvalue weighted by atomic mass is 16.5. The number of pyridine rings is 1. The van der Waals surface area contributed by atoms with Crippen molar-refractivity contribution in [2.75, 3.05) is 76.3 Å². The first-order valence-corrected chi connectivity index (χ1v) is 9.35. The highest BCUT2D eigenvalue weighted by Crippen LogP contribution is 2.23. The van der Waals surface area contributed by atoms with Crippen molar-refractivity contribution in [2.45, 2.75) is 19.9 Å². The van der Waals surface area contributed by atoms with Gasteiger partial charge in [0.1, 0.15) is 12.4 Å². The number of anilines is 2. The Labute approximate surface area is 150 Å². The quantitative estimate of drug-likeness (QED) is 0.818. The van der Waals surface area contributed by atoms with Crippen molar-refractivity contribution >= 4 is 11.5 Å². The number of hydrogen-bond donors (Lipinski definition) is 1. The van der Waals surface area contributed by atoms with Gasteiger partial charge in [0.2, 0.25) is 5.88 Å². The summed E-state index contributed by atoms with van der Waals surface area (Å²) >= 11 is 0. The monoisotopic (exact) mass is 349 g/mol. The van der Waals surface area contributed by atoms with Gasteiger partial charge < -0.3 is 20.1 Å². The smallest absolute Gasteiger partial charge is 0.217 e. The molecule has 0 unspecified atom stereocenters. The van der Waals surface area contributed by atoms with E-state index in [2.05, 4.69) is 33.5 Å². The molecule has 0 radical (unpaired) electrons. The highest BCUT2D eigenvalue weighted by Gasteiger charge is 2.22. The number of nitrogens with zero attached hydrogens (tertiary/aromatic N) is 4. The molecular weight excluding hydrogens is 318 g/mol. The summed E-state index contributed by atoms with van der Waals surface area (Å²) in [6.45, 7) is 13.8. The average Bonchev–Trinajstić information content (AvgIpc) is 2.62. The molecule has 0 amide bonds. The normalized spacial score (nSPS) is 23.0. The molecule has 0 aliphatic carbocycles. The molecule has 2 aliphatic heterocycles. The van der Waals surface area contributed by atoms with Gasteiger partial charge in [-0.2, -0.15) is 4.98 Å². The van der Waals surface area contributed by atoms with E-state index in [1.54, 1.807) is 0 Å². The zero-order valence-corrected chi connectivity index (χ0v) is 15.5. The predicted octanol–water partition coefficient (Wildman–Crippen LogP) is 0.905. The molecule has 3 heterocycles. The first-order chi connectivity index (χ1) is 12.2. The molecule has 2 aliphatic rings. The van der Waals surface area contributed by atoms with Gasteiger partial charge in [-0.3, -0.25) is 9.80 Å². The predicted molar refractivity (Wildman–Crippen MR) is 100 cm³/mol. The summed E-state index contributed by atoms with van der Waals surface area (Å²) < 4.78 is 11.3. The second-order valence-electron chi connectivity index (χ2n) is 6.81. The topological polar surface area (TPSA) is 67.1 Å². The zero-order chi connectivity index (χ0) is 17.6. The Kier molecular flexibility index (Phi) is 6.34. The Hall–Kier alpha value is -1.57. The van der Waals surface area contributed by atoms with E-state index in [4.69, 9.17) is 15.2 Å². The summed E-state index contributed by atoms with van der Waals surface area (Å²) in [6.07, 6.45) is 0. The van der Waals surface area contributed by atoms with Crippen LogP contribution in [0.4, 0.5) is 11.5 Å². The van der Waals surface area contributed by atoms with Gasteiger partial charge in [0, 0.05) is 63.1 Å². The Bertz CT molecular complexity index is 550. The van der Waals surface area contributed by atoms with E-state index < -0.39 is 0 Å². The van der Waals surface area contributed by atoms with Crippen molar-refractivity contribution < 1.29 is 9.47 Å². The van der Waals surface area contributed by atoms with Gasteiger partial charge in [-0.1, -0.05) is 6.92 Å². The molecule has 0 bridgehead atoms. The van der Waals surface area contributed by atoms with Crippen LogP contribution in [0.25, 0.3) is 0 Å². The van der Waals surface area contributed by atoms with Crippen LogP contribution in [0, 0.1) is 0 Å². The molecule has 1 atom stereocenters. The molecule has 140 valence electrons. The minimum atomic E-state index is 0.504. The van der Waals surface area contributed by atoms with Crippen molar-refractivity contribution in [2.24, 2.45) is 0 Å². The average molecular weight is 349 g/mol. The van der Waals surface area contributed by atoms with Gasteiger partial charge in [-0.05, 0) is 13.5 Å². The van der Waals surface area contributed by atoms with Crippen molar-refractivity contribution in [3.05, 3.63) is 12.1 Å². The fourth-order valence-electron chi connectivity index (χ4n) is 3.61. The van der Waals surface area contributed by atoms with Crippen LogP contribution in [0.2, 0.25) is 0 Å². The van der Waals surface area contributed by atoms with Crippen LogP contribution in [0.5, 0.6) is 5.88 Å². The highest BCUT2D eigenvalue weighted by molar-refractivity contribution is 5.55. The molecule has 0 aromatic carbocycles. The second kappa shape index (κ2) is 8.69. The van der Waals surface area contributed by atoms with Crippen molar-refractivity contribution in [1.82, 2.24) is 14.8 Å². The molecule has 0 spiro atoms. The number of morpholine rings is 1. The summed E-state index contributed by atoms with van der Waals surface area (Å²) in [5.41, 5.74) is 7.03. The van der Waals surface area contributed by atoms with Crippen LogP contribution in [0.15, 0.2) is 12.1 Å². The molecule has 2 saturated heterocycles. The lowest BCUT2D eigenvalue weighted by atomic mass is 10.2. The van der Waals surface area contributed by atoms with E-state index in [1.807, 2.05) is 12.1 Å². The molecule has 2 N–H and O–H groups in total. The third kappa shape index (κ3) is 4.96. The van der Waals surface area contributed by atoms with E-state index in [0.29, 0.717) is 24.3 Å². The number of hydrogen-bond acceptors (Lipinski definition) is 7. The Morgan fingerprint density at radius 3 is 2.76 bits per heavy atom. The fourth-order valence-corrected chi connectivity index (χ4v) is 3.61. The van der Waals surface area contributed by atoms with Crippen molar-refractivity contribution in [3.63, 3.8) is 0 Å². The van der Waals surface area contributed by atoms with Crippen LogP contribution in [0.1, 0.15) is 13.8 Å². The minimum absolute atomic E-state index is 0.504. The molecule has 7 heteroatoms. The van der Waals surface area contributed by atoms with Gasteiger partial charge in [0.15, 0.2) is 0 Å². The Morgan fingerprint density at radius 2 is 2.04 bits per heavy atom. The molecule has 1 aromatic rings. The van der Waals surface area contributed by atoms with Crippen LogP contribution in [-0.2, 0) is 4.74 Å². The van der Waals surface area contributed by atoms with Crippen LogP contribution in [-0.4, -0.2) is 86.5 Å². The lowest BCUT2D eigenvalue weighted by Crippen LogP contribution is -2.52. The van der Waals surface area contributed by atoms with Gasteiger partial charge in [-0.15, -0.1) is 0 Å². The molecule has 25 heavy (non-hydrogen) atoms. The van der Waals surface area contributed by atoms with E-state index in [0.717, 1.165) is 64.7 Å². The molecule has 1 aromatic heterocycles. The third-order valence-corrected chi connectivity index (χ3v) is 5.10. The molecular formula is C18H31N5O2. The van der Waals surface area contributed by atoms with Gasteiger partial charge in [0.05, 0.1) is 13.2 Å². The number of likely N-dealkylation sites (N-methyl/N-ethyl adjacent to an activating group) is 1. The maximum atomic E-state index is 5.96. The number of nitrogen functional groups attached to an aromatic ring is 1. The minimum Gasteiger partial charge on any atom is -0.476 e. The maximum Gasteiger partial charge on any atom is 0.217 e. The summed E-state index contributed by atoms with van der Waals surface area (Å²) in [4.78, 5) is 11.6. The fraction of sp³-hybridized carbons (Fsp3) is 0.722. The Morgan fingerprint density at radius 1 is 1.24 bits per heavy atom. The van der Waals surface area contributed by atoms with Crippen LogP contribution < -0.4 is 15.4 Å². The molecule has 3 rings (SSSR count). The second-order valence-corrected chi connectivity index (χ2v) is 6.81. The molecule has 2 fully saturated rings. The molecule has 7 nitrogen and oxygen atoms in total. The third-order valence-electron chi connectivity index (χ3n) is 5.10. The van der Waals surface area contributed by atoms with Crippen molar-refractivity contribution in [1.29, 1.82) is 0 Å². The summed E-state index contributed by atoms with van der Waals surface area (Å²) in [5.74, 6) is 1.12.